The minimum absolute atomic E-state index is 0.0563. The fraction of sp³-hybridized carbons (Fsp3) is 0.267. The maximum atomic E-state index is 5.93. The first kappa shape index (κ1) is 13.2. The lowest BCUT2D eigenvalue weighted by Crippen LogP contribution is -2.07. The number of nitrogen functional groups attached to an aromatic ring is 1. The normalized spacial score (nSPS) is 10.5. The predicted molar refractivity (Wildman–Crippen MR) is 75.7 cm³/mol. The summed E-state index contributed by atoms with van der Waals surface area (Å²) in [6.07, 6.45) is 1.72. The van der Waals surface area contributed by atoms with Gasteiger partial charge in [-0.2, -0.15) is 0 Å². The van der Waals surface area contributed by atoms with Crippen molar-refractivity contribution in [3.05, 3.63) is 42.1 Å². The predicted octanol–water partition coefficient (Wildman–Crippen LogP) is 3.55. The van der Waals surface area contributed by atoms with E-state index in [-0.39, 0.29) is 6.10 Å². The molecule has 2 aromatic rings. The Hall–Kier alpha value is -2.23. The lowest BCUT2D eigenvalue weighted by atomic mass is 10.2. The van der Waals surface area contributed by atoms with E-state index in [0.717, 1.165) is 5.56 Å². The fourth-order valence-electron chi connectivity index (χ4n) is 1.71. The largest absolute Gasteiger partial charge is 0.485 e. The van der Waals surface area contributed by atoms with Crippen molar-refractivity contribution in [2.24, 2.45) is 0 Å². The minimum atomic E-state index is 0.0563. The summed E-state index contributed by atoms with van der Waals surface area (Å²) >= 11 is 0. The van der Waals surface area contributed by atoms with Crippen molar-refractivity contribution < 1.29 is 9.47 Å². The number of anilines is 1. The van der Waals surface area contributed by atoms with Crippen LogP contribution in [-0.4, -0.2) is 11.1 Å². The van der Waals surface area contributed by atoms with Crippen molar-refractivity contribution in [1.29, 1.82) is 0 Å². The highest BCUT2D eigenvalue weighted by Crippen LogP contribution is 2.34. The molecule has 2 rings (SSSR count). The molecular formula is C15H18N2O2. The van der Waals surface area contributed by atoms with Crippen molar-refractivity contribution in [3.63, 3.8) is 0 Å². The molecule has 0 saturated carbocycles. The van der Waals surface area contributed by atoms with Crippen LogP contribution in [0.5, 0.6) is 17.4 Å². The van der Waals surface area contributed by atoms with Crippen LogP contribution >= 0.6 is 0 Å². The SMILES string of the molecule is Cc1cccc(N)c1Oc1ncccc1OC(C)C. The molecule has 0 saturated heterocycles. The summed E-state index contributed by atoms with van der Waals surface area (Å²) in [6, 6.07) is 9.27. The standard InChI is InChI=1S/C15H18N2O2/c1-10(2)18-13-8-5-9-17-15(13)19-14-11(3)6-4-7-12(14)16/h4-10H,16H2,1-3H3. The van der Waals surface area contributed by atoms with Gasteiger partial charge in [-0.3, -0.25) is 0 Å². The van der Waals surface area contributed by atoms with Gasteiger partial charge in [0.25, 0.3) is 5.88 Å². The number of nitrogens with two attached hydrogens (primary N) is 1. The average molecular weight is 258 g/mol. The second kappa shape index (κ2) is 5.61. The number of benzene rings is 1. The highest BCUT2D eigenvalue weighted by molar-refractivity contribution is 5.58. The molecule has 0 aliphatic rings. The second-order valence-corrected chi connectivity index (χ2v) is 4.57. The number of para-hydroxylation sites is 1. The van der Waals surface area contributed by atoms with E-state index in [1.165, 1.54) is 0 Å². The average Bonchev–Trinajstić information content (AvgIpc) is 2.35. The minimum Gasteiger partial charge on any atom is -0.485 e. The fourth-order valence-corrected chi connectivity index (χ4v) is 1.71. The van der Waals surface area contributed by atoms with E-state index >= 15 is 0 Å². The van der Waals surface area contributed by atoms with E-state index in [1.807, 2.05) is 45.0 Å². The molecule has 0 fully saturated rings. The molecule has 19 heavy (non-hydrogen) atoms. The molecule has 0 atom stereocenters. The van der Waals surface area contributed by atoms with Crippen LogP contribution in [0.2, 0.25) is 0 Å². The van der Waals surface area contributed by atoms with Crippen LogP contribution in [0.1, 0.15) is 19.4 Å². The zero-order valence-electron chi connectivity index (χ0n) is 11.4. The molecule has 1 heterocycles. The van der Waals surface area contributed by atoms with Crippen molar-refractivity contribution in [3.8, 4) is 17.4 Å². The Bertz CT molecular complexity index is 548. The Kier molecular flexibility index (Phi) is 3.90. The first-order chi connectivity index (χ1) is 9.08. The van der Waals surface area contributed by atoms with Crippen LogP contribution in [0.4, 0.5) is 5.69 Å². The first-order valence-electron chi connectivity index (χ1n) is 6.22. The third kappa shape index (κ3) is 3.16. The Balaban J connectivity index is 2.33. The molecule has 100 valence electrons. The van der Waals surface area contributed by atoms with E-state index in [4.69, 9.17) is 15.2 Å². The summed E-state index contributed by atoms with van der Waals surface area (Å²) in [5, 5.41) is 0. The lowest BCUT2D eigenvalue weighted by molar-refractivity contribution is 0.231. The van der Waals surface area contributed by atoms with Gasteiger partial charge in [0.2, 0.25) is 0 Å². The van der Waals surface area contributed by atoms with Gasteiger partial charge in [-0.25, -0.2) is 4.98 Å². The summed E-state index contributed by atoms with van der Waals surface area (Å²) in [4.78, 5) is 4.21. The molecule has 0 radical (unpaired) electrons. The number of hydrogen-bond donors (Lipinski definition) is 1. The first-order valence-corrected chi connectivity index (χ1v) is 6.22. The Labute approximate surface area is 113 Å². The van der Waals surface area contributed by atoms with Crippen molar-refractivity contribution >= 4 is 5.69 Å². The number of ether oxygens (including phenoxy) is 2. The quantitative estimate of drug-likeness (QED) is 0.852. The molecule has 4 heteroatoms. The number of nitrogens with zero attached hydrogens (tertiary/aromatic N) is 1. The number of rotatable bonds is 4. The zero-order chi connectivity index (χ0) is 13.8. The van der Waals surface area contributed by atoms with Crippen molar-refractivity contribution in [2.75, 3.05) is 5.73 Å². The summed E-state index contributed by atoms with van der Waals surface area (Å²) in [6.45, 7) is 5.86. The van der Waals surface area contributed by atoms with Crippen LogP contribution < -0.4 is 15.2 Å². The summed E-state index contributed by atoms with van der Waals surface area (Å²) in [5.74, 6) is 1.66. The van der Waals surface area contributed by atoms with Crippen LogP contribution in [0.3, 0.4) is 0 Å². The highest BCUT2D eigenvalue weighted by Gasteiger charge is 2.12. The molecule has 1 aromatic heterocycles. The molecule has 4 nitrogen and oxygen atoms in total. The Morgan fingerprint density at radius 3 is 2.63 bits per heavy atom. The molecule has 1 aromatic carbocycles. The Morgan fingerprint density at radius 1 is 1.16 bits per heavy atom. The smallest absolute Gasteiger partial charge is 0.262 e. The molecule has 0 unspecified atom stereocenters. The third-order valence-corrected chi connectivity index (χ3v) is 2.54. The van der Waals surface area contributed by atoms with Crippen molar-refractivity contribution in [1.82, 2.24) is 4.98 Å². The maximum Gasteiger partial charge on any atom is 0.262 e. The lowest BCUT2D eigenvalue weighted by Gasteiger charge is -2.15. The zero-order valence-corrected chi connectivity index (χ0v) is 11.4. The summed E-state index contributed by atoms with van der Waals surface area (Å²) < 4.78 is 11.5. The monoisotopic (exact) mass is 258 g/mol. The van der Waals surface area contributed by atoms with Gasteiger partial charge in [0, 0.05) is 6.20 Å². The van der Waals surface area contributed by atoms with Gasteiger partial charge < -0.3 is 15.2 Å². The molecule has 2 N–H and O–H groups in total. The van der Waals surface area contributed by atoms with Gasteiger partial charge in [0.05, 0.1) is 11.8 Å². The van der Waals surface area contributed by atoms with E-state index in [0.29, 0.717) is 23.1 Å². The van der Waals surface area contributed by atoms with Crippen LogP contribution in [0.25, 0.3) is 0 Å². The van der Waals surface area contributed by atoms with E-state index in [2.05, 4.69) is 4.98 Å². The number of aryl methyl sites for hydroxylation is 1. The topological polar surface area (TPSA) is 57.4 Å². The van der Waals surface area contributed by atoms with E-state index in [9.17, 15) is 0 Å². The number of aromatic nitrogens is 1. The molecule has 0 aliphatic carbocycles. The Morgan fingerprint density at radius 2 is 1.95 bits per heavy atom. The van der Waals surface area contributed by atoms with Gasteiger partial charge >= 0.3 is 0 Å². The van der Waals surface area contributed by atoms with Gasteiger partial charge in [0.1, 0.15) is 0 Å². The van der Waals surface area contributed by atoms with Crippen LogP contribution in [0, 0.1) is 6.92 Å². The van der Waals surface area contributed by atoms with Gasteiger partial charge in [-0.15, -0.1) is 0 Å². The summed E-state index contributed by atoms with van der Waals surface area (Å²) in [7, 11) is 0. The van der Waals surface area contributed by atoms with Gasteiger partial charge in [-0.1, -0.05) is 12.1 Å². The van der Waals surface area contributed by atoms with E-state index in [1.54, 1.807) is 12.3 Å². The molecule has 0 aliphatic heterocycles. The van der Waals surface area contributed by atoms with Crippen LogP contribution in [0.15, 0.2) is 36.5 Å². The molecule has 0 spiro atoms. The second-order valence-electron chi connectivity index (χ2n) is 4.57. The number of pyridine rings is 1. The molecular weight excluding hydrogens is 240 g/mol. The highest BCUT2D eigenvalue weighted by atomic mass is 16.5. The van der Waals surface area contributed by atoms with Gasteiger partial charge in [0.15, 0.2) is 11.5 Å². The number of hydrogen-bond acceptors (Lipinski definition) is 4. The summed E-state index contributed by atoms with van der Waals surface area (Å²) in [5.41, 5.74) is 7.47. The van der Waals surface area contributed by atoms with E-state index < -0.39 is 0 Å². The van der Waals surface area contributed by atoms with Crippen LogP contribution in [-0.2, 0) is 0 Å². The third-order valence-electron chi connectivity index (χ3n) is 2.54. The van der Waals surface area contributed by atoms with Gasteiger partial charge in [-0.05, 0) is 44.5 Å². The maximum absolute atomic E-state index is 5.93. The molecule has 0 amide bonds. The molecule has 0 bridgehead atoms. The van der Waals surface area contributed by atoms with Crippen molar-refractivity contribution in [2.45, 2.75) is 26.9 Å².